The van der Waals surface area contributed by atoms with E-state index < -0.39 is 0 Å². The van der Waals surface area contributed by atoms with Crippen molar-refractivity contribution in [2.75, 3.05) is 0 Å². The third-order valence-corrected chi connectivity index (χ3v) is 2.59. The summed E-state index contributed by atoms with van der Waals surface area (Å²) in [5.74, 6) is 0.304. The molecule has 0 heterocycles. The van der Waals surface area contributed by atoms with Crippen molar-refractivity contribution in [1.29, 1.82) is 0 Å². The maximum Gasteiger partial charge on any atom is 0.120 e. The van der Waals surface area contributed by atoms with Gasteiger partial charge in [0.25, 0.3) is 0 Å². The summed E-state index contributed by atoms with van der Waals surface area (Å²) < 4.78 is 0. The number of aromatic hydroxyl groups is 1. The lowest BCUT2D eigenvalue weighted by Crippen LogP contribution is -2.15. The Balaban J connectivity index is 3.36. The summed E-state index contributed by atoms with van der Waals surface area (Å²) in [5.41, 5.74) is 8.92. The number of benzene rings is 1. The number of rotatable bonds is 1. The van der Waals surface area contributed by atoms with E-state index in [4.69, 9.17) is 5.73 Å². The first kappa shape index (κ1) is 11.1. The first-order valence-corrected chi connectivity index (χ1v) is 4.90. The van der Waals surface area contributed by atoms with Gasteiger partial charge in [0, 0.05) is 12.1 Å². The Bertz CT molecular complexity index is 337. The number of phenols is 1. The third-order valence-electron chi connectivity index (χ3n) is 2.59. The molecule has 0 saturated heterocycles. The van der Waals surface area contributed by atoms with Crippen LogP contribution in [0.5, 0.6) is 5.75 Å². The van der Waals surface area contributed by atoms with Crippen LogP contribution in [0.15, 0.2) is 12.1 Å². The zero-order valence-corrected chi connectivity index (χ0v) is 9.39. The van der Waals surface area contributed by atoms with Gasteiger partial charge < -0.3 is 10.8 Å². The molecule has 0 aliphatic carbocycles. The molecule has 0 saturated carbocycles. The minimum Gasteiger partial charge on any atom is -0.508 e. The van der Waals surface area contributed by atoms with Crippen LogP contribution >= 0.6 is 0 Å². The summed E-state index contributed by atoms with van der Waals surface area (Å²) in [4.78, 5) is 0. The number of phenolic OH excluding ortho intramolecular Hbond substituents is 1. The SMILES string of the molecule is Cc1c(C(C)(C)C)ccc(O)c1CN. The summed E-state index contributed by atoms with van der Waals surface area (Å²) in [5, 5.41) is 9.60. The van der Waals surface area contributed by atoms with E-state index in [1.54, 1.807) is 6.07 Å². The van der Waals surface area contributed by atoms with Crippen LogP contribution in [0.3, 0.4) is 0 Å². The largest absolute Gasteiger partial charge is 0.508 e. The van der Waals surface area contributed by atoms with E-state index >= 15 is 0 Å². The predicted molar refractivity (Wildman–Crippen MR) is 59.4 cm³/mol. The molecule has 1 rings (SSSR count). The molecular formula is C12H19NO. The van der Waals surface area contributed by atoms with Gasteiger partial charge in [0.05, 0.1) is 0 Å². The minimum absolute atomic E-state index is 0.0989. The fraction of sp³-hybridized carbons (Fsp3) is 0.500. The molecule has 1 aromatic rings. The topological polar surface area (TPSA) is 46.2 Å². The van der Waals surface area contributed by atoms with Crippen LogP contribution in [-0.4, -0.2) is 5.11 Å². The molecule has 0 unspecified atom stereocenters. The van der Waals surface area contributed by atoms with Crippen LogP contribution in [0.4, 0.5) is 0 Å². The first-order chi connectivity index (χ1) is 6.38. The smallest absolute Gasteiger partial charge is 0.120 e. The second-order valence-corrected chi connectivity index (χ2v) is 4.69. The van der Waals surface area contributed by atoms with E-state index in [0.29, 0.717) is 12.3 Å². The quantitative estimate of drug-likeness (QED) is 0.719. The van der Waals surface area contributed by atoms with Gasteiger partial charge in [0.1, 0.15) is 5.75 Å². The summed E-state index contributed by atoms with van der Waals surface area (Å²) >= 11 is 0. The van der Waals surface area contributed by atoms with Gasteiger partial charge in [-0.3, -0.25) is 0 Å². The van der Waals surface area contributed by atoms with Gasteiger partial charge in [-0.25, -0.2) is 0 Å². The van der Waals surface area contributed by atoms with E-state index in [0.717, 1.165) is 11.1 Å². The van der Waals surface area contributed by atoms with Crippen molar-refractivity contribution in [3.63, 3.8) is 0 Å². The van der Waals surface area contributed by atoms with Crippen molar-refractivity contribution in [1.82, 2.24) is 0 Å². The molecular weight excluding hydrogens is 174 g/mol. The maximum absolute atomic E-state index is 9.60. The second-order valence-electron chi connectivity index (χ2n) is 4.69. The molecule has 3 N–H and O–H groups in total. The minimum atomic E-state index is 0.0989. The van der Waals surface area contributed by atoms with Crippen LogP contribution in [-0.2, 0) is 12.0 Å². The molecule has 0 aromatic heterocycles. The van der Waals surface area contributed by atoms with Gasteiger partial charge in [-0.05, 0) is 29.5 Å². The van der Waals surface area contributed by atoms with Crippen molar-refractivity contribution in [3.8, 4) is 5.75 Å². The van der Waals surface area contributed by atoms with Crippen LogP contribution in [0.1, 0.15) is 37.5 Å². The highest BCUT2D eigenvalue weighted by molar-refractivity contribution is 5.46. The summed E-state index contributed by atoms with van der Waals surface area (Å²) in [7, 11) is 0. The lowest BCUT2D eigenvalue weighted by atomic mass is 9.82. The molecule has 0 bridgehead atoms. The fourth-order valence-electron chi connectivity index (χ4n) is 1.81. The van der Waals surface area contributed by atoms with E-state index in [-0.39, 0.29) is 5.41 Å². The number of nitrogens with two attached hydrogens (primary N) is 1. The molecule has 0 aliphatic rings. The Hall–Kier alpha value is -1.02. The fourth-order valence-corrected chi connectivity index (χ4v) is 1.81. The molecule has 2 nitrogen and oxygen atoms in total. The van der Waals surface area contributed by atoms with Crippen molar-refractivity contribution in [3.05, 3.63) is 28.8 Å². The highest BCUT2D eigenvalue weighted by Crippen LogP contribution is 2.31. The normalized spacial score (nSPS) is 11.8. The van der Waals surface area contributed by atoms with Gasteiger partial charge in [-0.2, -0.15) is 0 Å². The van der Waals surface area contributed by atoms with Gasteiger partial charge in [0.15, 0.2) is 0 Å². The predicted octanol–water partition coefficient (Wildman–Crippen LogP) is 2.46. The van der Waals surface area contributed by atoms with E-state index in [1.807, 2.05) is 13.0 Å². The Morgan fingerprint density at radius 3 is 2.29 bits per heavy atom. The van der Waals surface area contributed by atoms with Gasteiger partial charge in [-0.15, -0.1) is 0 Å². The summed E-state index contributed by atoms with van der Waals surface area (Å²) in [6, 6.07) is 3.71. The average Bonchev–Trinajstić information content (AvgIpc) is 2.02. The van der Waals surface area contributed by atoms with E-state index in [9.17, 15) is 5.11 Å². The molecule has 1 aromatic carbocycles. The Morgan fingerprint density at radius 2 is 1.86 bits per heavy atom. The first-order valence-electron chi connectivity index (χ1n) is 4.90. The highest BCUT2D eigenvalue weighted by atomic mass is 16.3. The van der Waals surface area contributed by atoms with E-state index in [2.05, 4.69) is 20.8 Å². The zero-order valence-electron chi connectivity index (χ0n) is 9.39. The van der Waals surface area contributed by atoms with Gasteiger partial charge in [-0.1, -0.05) is 26.8 Å². The molecule has 0 aliphatic heterocycles. The molecule has 0 spiro atoms. The Kier molecular flexibility index (Phi) is 2.86. The molecule has 78 valence electrons. The van der Waals surface area contributed by atoms with Crippen molar-refractivity contribution < 1.29 is 5.11 Å². The summed E-state index contributed by atoms with van der Waals surface area (Å²) in [6.45, 7) is 8.89. The van der Waals surface area contributed by atoms with Crippen LogP contribution in [0, 0.1) is 6.92 Å². The standard InChI is InChI=1S/C12H19NO/c1-8-9(7-13)11(14)6-5-10(8)12(2,3)4/h5-6,14H,7,13H2,1-4H3. The Morgan fingerprint density at radius 1 is 1.29 bits per heavy atom. The van der Waals surface area contributed by atoms with Crippen molar-refractivity contribution in [2.24, 2.45) is 5.73 Å². The van der Waals surface area contributed by atoms with Crippen molar-refractivity contribution >= 4 is 0 Å². The number of hydrogen-bond acceptors (Lipinski definition) is 2. The van der Waals surface area contributed by atoms with Gasteiger partial charge in [0.2, 0.25) is 0 Å². The molecule has 0 atom stereocenters. The van der Waals surface area contributed by atoms with Crippen molar-refractivity contribution in [2.45, 2.75) is 39.7 Å². The second kappa shape index (κ2) is 3.62. The van der Waals surface area contributed by atoms with Gasteiger partial charge >= 0.3 is 0 Å². The monoisotopic (exact) mass is 193 g/mol. The molecule has 2 heteroatoms. The Labute approximate surface area is 85.8 Å². The lowest BCUT2D eigenvalue weighted by Gasteiger charge is -2.23. The molecule has 14 heavy (non-hydrogen) atoms. The number of hydrogen-bond donors (Lipinski definition) is 2. The average molecular weight is 193 g/mol. The maximum atomic E-state index is 9.60. The molecule has 0 fully saturated rings. The van der Waals surface area contributed by atoms with E-state index in [1.165, 1.54) is 5.56 Å². The highest BCUT2D eigenvalue weighted by Gasteiger charge is 2.18. The van der Waals surface area contributed by atoms with Crippen LogP contribution in [0.25, 0.3) is 0 Å². The molecule has 0 radical (unpaired) electrons. The van der Waals surface area contributed by atoms with Crippen LogP contribution < -0.4 is 5.73 Å². The lowest BCUT2D eigenvalue weighted by molar-refractivity contribution is 0.466. The van der Waals surface area contributed by atoms with Crippen LogP contribution in [0.2, 0.25) is 0 Å². The summed E-state index contributed by atoms with van der Waals surface area (Å²) in [6.07, 6.45) is 0. The molecule has 0 amide bonds. The zero-order chi connectivity index (χ0) is 10.9. The third kappa shape index (κ3) is 1.90.